The molecule has 0 atom stereocenters. The van der Waals surface area contributed by atoms with Gasteiger partial charge >= 0.3 is 0 Å². The van der Waals surface area contributed by atoms with Gasteiger partial charge in [0.05, 0.1) is 16.6 Å². The Morgan fingerprint density at radius 2 is 1.77 bits per heavy atom. The molecule has 148 valence electrons. The molecule has 0 radical (unpaired) electrons. The number of fused-ring (bicyclic) bond motifs is 2. The zero-order valence-corrected chi connectivity index (χ0v) is 16.8. The largest absolute Gasteiger partial charge is 0.454 e. The zero-order chi connectivity index (χ0) is 20.7. The van der Waals surface area contributed by atoms with E-state index in [1.165, 1.54) is 0 Å². The van der Waals surface area contributed by atoms with Gasteiger partial charge in [0.15, 0.2) is 11.5 Å². The molecule has 1 aliphatic rings. The maximum atomic E-state index is 13.4. The molecule has 1 aromatic heterocycles. The molecule has 2 heterocycles. The molecule has 0 saturated heterocycles. The smallest absolute Gasteiger partial charge is 0.266 e. The SMILES string of the molecule is Cc1ccc(-n2c(/C=C/c3ccc4c(c3)OCO4)nc3ccccc3c2=O)c(C)c1. The zero-order valence-electron chi connectivity index (χ0n) is 16.8. The first-order valence-electron chi connectivity index (χ1n) is 9.77. The van der Waals surface area contributed by atoms with Crippen molar-refractivity contribution in [3.05, 3.63) is 93.5 Å². The predicted octanol–water partition coefficient (Wildman–Crippen LogP) is 4.90. The molecule has 0 unspecified atom stereocenters. The Kier molecular flexibility index (Phi) is 4.36. The summed E-state index contributed by atoms with van der Waals surface area (Å²) in [7, 11) is 0. The van der Waals surface area contributed by atoms with Crippen LogP contribution in [0.3, 0.4) is 0 Å². The molecule has 0 saturated carbocycles. The van der Waals surface area contributed by atoms with E-state index in [4.69, 9.17) is 14.5 Å². The van der Waals surface area contributed by atoms with Crippen LogP contribution in [0.1, 0.15) is 22.5 Å². The van der Waals surface area contributed by atoms with Crippen LogP contribution in [0.15, 0.2) is 65.5 Å². The second-order valence-electron chi connectivity index (χ2n) is 7.36. The number of ether oxygens (including phenoxy) is 2. The van der Waals surface area contributed by atoms with Crippen molar-refractivity contribution in [1.82, 2.24) is 9.55 Å². The first-order valence-corrected chi connectivity index (χ1v) is 9.77. The van der Waals surface area contributed by atoms with E-state index in [-0.39, 0.29) is 12.4 Å². The molecule has 4 aromatic rings. The summed E-state index contributed by atoms with van der Waals surface area (Å²) < 4.78 is 12.5. The molecule has 0 bridgehead atoms. The van der Waals surface area contributed by atoms with Crippen molar-refractivity contribution < 1.29 is 9.47 Å². The highest BCUT2D eigenvalue weighted by atomic mass is 16.7. The van der Waals surface area contributed by atoms with E-state index in [9.17, 15) is 4.79 Å². The number of benzene rings is 3. The Balaban J connectivity index is 1.69. The van der Waals surface area contributed by atoms with Crippen LogP contribution in [0.2, 0.25) is 0 Å². The second-order valence-corrected chi connectivity index (χ2v) is 7.36. The lowest BCUT2D eigenvalue weighted by molar-refractivity contribution is 0.174. The van der Waals surface area contributed by atoms with Crippen molar-refractivity contribution in [2.24, 2.45) is 0 Å². The Labute approximate surface area is 173 Å². The number of hydrogen-bond donors (Lipinski definition) is 0. The Bertz CT molecular complexity index is 1370. The topological polar surface area (TPSA) is 53.4 Å². The van der Waals surface area contributed by atoms with Gasteiger partial charge in [-0.25, -0.2) is 4.98 Å². The molecule has 3 aromatic carbocycles. The molecule has 0 fully saturated rings. The Morgan fingerprint density at radius 1 is 0.933 bits per heavy atom. The fraction of sp³-hybridized carbons (Fsp3) is 0.120. The van der Waals surface area contributed by atoms with Gasteiger partial charge in [0.1, 0.15) is 5.82 Å². The average molecular weight is 396 g/mol. The van der Waals surface area contributed by atoms with Gasteiger partial charge in [0, 0.05) is 0 Å². The standard InChI is InChI=1S/C25H20N2O3/c1-16-7-10-21(17(2)13-16)27-24(26-20-6-4-3-5-19(20)25(27)28)12-9-18-8-11-22-23(14-18)30-15-29-22/h3-14H,15H2,1-2H3/b12-9+. The van der Waals surface area contributed by atoms with Crippen molar-refractivity contribution in [3.8, 4) is 17.2 Å². The number of para-hydroxylation sites is 1. The lowest BCUT2D eigenvalue weighted by Gasteiger charge is -2.14. The minimum atomic E-state index is -0.0853. The second kappa shape index (κ2) is 7.19. The maximum absolute atomic E-state index is 13.4. The van der Waals surface area contributed by atoms with E-state index in [0.29, 0.717) is 16.7 Å². The van der Waals surface area contributed by atoms with E-state index < -0.39 is 0 Å². The van der Waals surface area contributed by atoms with E-state index in [0.717, 1.165) is 33.9 Å². The fourth-order valence-corrected chi connectivity index (χ4v) is 3.74. The number of aryl methyl sites for hydroxylation is 2. The molecule has 0 N–H and O–H groups in total. The van der Waals surface area contributed by atoms with Gasteiger partial charge in [-0.15, -0.1) is 0 Å². The molecule has 0 amide bonds. The van der Waals surface area contributed by atoms with Crippen LogP contribution in [0.4, 0.5) is 0 Å². The average Bonchev–Trinajstić information content (AvgIpc) is 3.21. The van der Waals surface area contributed by atoms with Crippen LogP contribution in [-0.2, 0) is 0 Å². The third-order valence-electron chi connectivity index (χ3n) is 5.22. The molecular weight excluding hydrogens is 376 g/mol. The number of rotatable bonds is 3. The van der Waals surface area contributed by atoms with Crippen LogP contribution >= 0.6 is 0 Å². The third kappa shape index (κ3) is 3.14. The summed E-state index contributed by atoms with van der Waals surface area (Å²) in [6.07, 6.45) is 3.79. The molecule has 0 spiro atoms. The van der Waals surface area contributed by atoms with Gasteiger partial charge in [-0.3, -0.25) is 9.36 Å². The molecular formula is C25H20N2O3. The minimum Gasteiger partial charge on any atom is -0.454 e. The predicted molar refractivity (Wildman–Crippen MR) is 118 cm³/mol. The highest BCUT2D eigenvalue weighted by Gasteiger charge is 2.14. The monoisotopic (exact) mass is 396 g/mol. The Hall–Kier alpha value is -3.86. The highest BCUT2D eigenvalue weighted by Crippen LogP contribution is 2.33. The summed E-state index contributed by atoms with van der Waals surface area (Å²) in [5, 5.41) is 0.595. The van der Waals surface area contributed by atoms with E-state index in [1.807, 2.05) is 80.6 Å². The van der Waals surface area contributed by atoms with Gasteiger partial charge in [-0.1, -0.05) is 42.0 Å². The van der Waals surface area contributed by atoms with Crippen molar-refractivity contribution >= 4 is 23.1 Å². The summed E-state index contributed by atoms with van der Waals surface area (Å²) in [4.78, 5) is 18.2. The maximum Gasteiger partial charge on any atom is 0.266 e. The first kappa shape index (κ1) is 18.2. The number of aromatic nitrogens is 2. The Morgan fingerprint density at radius 3 is 2.63 bits per heavy atom. The van der Waals surface area contributed by atoms with Crippen LogP contribution in [0.5, 0.6) is 11.5 Å². The highest BCUT2D eigenvalue weighted by molar-refractivity contribution is 5.80. The molecule has 1 aliphatic heterocycles. The minimum absolute atomic E-state index is 0.0853. The van der Waals surface area contributed by atoms with Crippen LogP contribution in [0.25, 0.3) is 28.7 Å². The van der Waals surface area contributed by atoms with Crippen LogP contribution in [0, 0.1) is 13.8 Å². The summed E-state index contributed by atoms with van der Waals surface area (Å²) in [6.45, 7) is 4.29. The van der Waals surface area contributed by atoms with Crippen LogP contribution < -0.4 is 15.0 Å². The van der Waals surface area contributed by atoms with E-state index in [1.54, 1.807) is 4.57 Å². The van der Waals surface area contributed by atoms with Gasteiger partial charge < -0.3 is 9.47 Å². The third-order valence-corrected chi connectivity index (χ3v) is 5.22. The van der Waals surface area contributed by atoms with Gasteiger partial charge in [-0.2, -0.15) is 0 Å². The summed E-state index contributed by atoms with van der Waals surface area (Å²) >= 11 is 0. The van der Waals surface area contributed by atoms with Crippen molar-refractivity contribution in [1.29, 1.82) is 0 Å². The lowest BCUT2D eigenvalue weighted by atomic mass is 10.1. The molecule has 5 nitrogen and oxygen atoms in total. The molecule has 0 aliphatic carbocycles. The number of nitrogens with zero attached hydrogens (tertiary/aromatic N) is 2. The van der Waals surface area contributed by atoms with Crippen molar-refractivity contribution in [2.75, 3.05) is 6.79 Å². The summed E-state index contributed by atoms with van der Waals surface area (Å²) in [6, 6.07) is 19.2. The normalized spacial score (nSPS) is 12.7. The summed E-state index contributed by atoms with van der Waals surface area (Å²) in [5.74, 6) is 2.03. The first-order chi connectivity index (χ1) is 14.6. The number of hydrogen-bond acceptors (Lipinski definition) is 4. The summed E-state index contributed by atoms with van der Waals surface area (Å²) in [5.41, 5.74) is 4.53. The van der Waals surface area contributed by atoms with Crippen molar-refractivity contribution in [3.63, 3.8) is 0 Å². The molecule has 30 heavy (non-hydrogen) atoms. The van der Waals surface area contributed by atoms with Crippen molar-refractivity contribution in [2.45, 2.75) is 13.8 Å². The van der Waals surface area contributed by atoms with Crippen LogP contribution in [-0.4, -0.2) is 16.3 Å². The fourth-order valence-electron chi connectivity index (χ4n) is 3.74. The molecule has 5 rings (SSSR count). The van der Waals surface area contributed by atoms with Gasteiger partial charge in [0.25, 0.3) is 5.56 Å². The lowest BCUT2D eigenvalue weighted by Crippen LogP contribution is -2.23. The van der Waals surface area contributed by atoms with Gasteiger partial charge in [0.2, 0.25) is 6.79 Å². The van der Waals surface area contributed by atoms with E-state index >= 15 is 0 Å². The van der Waals surface area contributed by atoms with Gasteiger partial charge in [-0.05, 0) is 61.4 Å². The van der Waals surface area contributed by atoms with E-state index in [2.05, 4.69) is 6.07 Å². The molecule has 5 heteroatoms. The quantitative estimate of drug-likeness (QED) is 0.494.